The molecule has 0 saturated heterocycles. The van der Waals surface area contributed by atoms with Crippen LogP contribution in [0, 0.1) is 0 Å². The van der Waals surface area contributed by atoms with Gasteiger partial charge in [-0.05, 0) is 18.7 Å². The highest BCUT2D eigenvalue weighted by Crippen LogP contribution is 2.34. The van der Waals surface area contributed by atoms with E-state index in [1.54, 1.807) is 6.08 Å². The van der Waals surface area contributed by atoms with Crippen molar-refractivity contribution in [2.24, 2.45) is 4.99 Å². The summed E-state index contributed by atoms with van der Waals surface area (Å²) >= 11 is 0. The van der Waals surface area contributed by atoms with Gasteiger partial charge >= 0.3 is 0 Å². The number of hydrogen-bond acceptors (Lipinski definition) is 4. The number of carbonyl (C=O) groups excluding carboxylic acids is 1. The molecule has 1 aromatic carbocycles. The summed E-state index contributed by atoms with van der Waals surface area (Å²) < 4.78 is 0. The summed E-state index contributed by atoms with van der Waals surface area (Å²) in [4.78, 5) is 18.6. The van der Waals surface area contributed by atoms with Crippen molar-refractivity contribution in [1.82, 2.24) is 15.5 Å². The van der Waals surface area contributed by atoms with Crippen LogP contribution < -0.4 is 10.6 Å². The fourth-order valence-corrected chi connectivity index (χ4v) is 3.23. The van der Waals surface area contributed by atoms with Gasteiger partial charge in [-0.1, -0.05) is 24.3 Å². The third-order valence-electron chi connectivity index (χ3n) is 4.28. The lowest BCUT2D eigenvalue weighted by molar-refractivity contribution is -0.115. The molecule has 3 aliphatic heterocycles. The Hall–Kier alpha value is -2.66. The Balaban J connectivity index is 1.72. The highest BCUT2D eigenvalue weighted by molar-refractivity contribution is 6.02. The van der Waals surface area contributed by atoms with Crippen molar-refractivity contribution in [3.63, 3.8) is 0 Å². The number of amides is 1. The molecule has 5 heteroatoms. The van der Waals surface area contributed by atoms with Crippen molar-refractivity contribution >= 4 is 11.7 Å². The first-order valence-electron chi connectivity index (χ1n) is 7.78. The fourth-order valence-electron chi connectivity index (χ4n) is 3.23. The van der Waals surface area contributed by atoms with Gasteiger partial charge < -0.3 is 15.5 Å². The average Bonchev–Trinajstić information content (AvgIpc) is 2.90. The van der Waals surface area contributed by atoms with E-state index in [0.717, 1.165) is 47.9 Å². The molecule has 1 amide bonds. The van der Waals surface area contributed by atoms with Gasteiger partial charge in [-0.2, -0.15) is 0 Å². The summed E-state index contributed by atoms with van der Waals surface area (Å²) in [5.74, 6) is 0.877. The number of rotatable bonds is 3. The van der Waals surface area contributed by atoms with Crippen LogP contribution >= 0.6 is 0 Å². The molecular formula is C18H18N4O. The SMILES string of the molecule is CNCc1ccc(C2=NC=C3C=CC(=O)NC4=C3N2CC4)cc1. The highest BCUT2D eigenvalue weighted by Gasteiger charge is 2.32. The fraction of sp³-hybridized carbons (Fsp3) is 0.222. The highest BCUT2D eigenvalue weighted by atomic mass is 16.1. The molecule has 3 aliphatic rings. The van der Waals surface area contributed by atoms with Crippen LogP contribution in [0.3, 0.4) is 0 Å². The lowest BCUT2D eigenvalue weighted by atomic mass is 10.1. The maximum atomic E-state index is 11.7. The van der Waals surface area contributed by atoms with Crippen LogP contribution in [0.2, 0.25) is 0 Å². The number of nitrogens with zero attached hydrogens (tertiary/aromatic N) is 2. The van der Waals surface area contributed by atoms with Crippen LogP contribution in [0.5, 0.6) is 0 Å². The molecule has 0 aliphatic carbocycles. The first-order valence-corrected chi connectivity index (χ1v) is 7.78. The van der Waals surface area contributed by atoms with E-state index in [1.807, 2.05) is 19.3 Å². The molecule has 0 aromatic heterocycles. The summed E-state index contributed by atoms with van der Waals surface area (Å²) in [5, 5.41) is 6.13. The number of aliphatic imine (C=N–C) groups is 1. The Morgan fingerprint density at radius 2 is 2.09 bits per heavy atom. The summed E-state index contributed by atoms with van der Waals surface area (Å²) in [5.41, 5.74) is 5.40. The molecule has 0 atom stereocenters. The number of allylic oxidation sites excluding steroid dienone is 1. The zero-order valence-electron chi connectivity index (χ0n) is 13.0. The predicted octanol–water partition coefficient (Wildman–Crippen LogP) is 1.65. The molecule has 2 N–H and O–H groups in total. The topological polar surface area (TPSA) is 56.7 Å². The smallest absolute Gasteiger partial charge is 0.248 e. The first kappa shape index (κ1) is 14.0. The van der Waals surface area contributed by atoms with Crippen LogP contribution in [0.15, 0.2) is 64.6 Å². The van der Waals surface area contributed by atoms with E-state index < -0.39 is 0 Å². The molecule has 23 heavy (non-hydrogen) atoms. The second kappa shape index (κ2) is 5.52. The summed E-state index contributed by atoms with van der Waals surface area (Å²) in [6.45, 7) is 1.69. The van der Waals surface area contributed by atoms with Crippen LogP contribution in [-0.4, -0.2) is 30.2 Å². The number of carbonyl (C=O) groups is 1. The van der Waals surface area contributed by atoms with Crippen LogP contribution in [0.1, 0.15) is 17.5 Å². The van der Waals surface area contributed by atoms with E-state index in [4.69, 9.17) is 0 Å². The minimum absolute atomic E-state index is 0.0670. The van der Waals surface area contributed by atoms with Crippen molar-refractivity contribution < 1.29 is 4.79 Å². The van der Waals surface area contributed by atoms with E-state index in [0.29, 0.717) is 0 Å². The van der Waals surface area contributed by atoms with Gasteiger partial charge in [0.25, 0.3) is 0 Å². The van der Waals surface area contributed by atoms with Crippen molar-refractivity contribution in [1.29, 1.82) is 0 Å². The largest absolute Gasteiger partial charge is 0.324 e. The normalized spacial score (nSPS) is 19.2. The quantitative estimate of drug-likeness (QED) is 0.893. The van der Waals surface area contributed by atoms with Crippen LogP contribution in [0.4, 0.5) is 0 Å². The molecule has 1 aromatic rings. The van der Waals surface area contributed by atoms with E-state index in [2.05, 4.69) is 44.8 Å². The first-order chi connectivity index (χ1) is 11.3. The number of nitrogens with one attached hydrogen (secondary N) is 2. The van der Waals surface area contributed by atoms with Crippen molar-refractivity contribution in [3.8, 4) is 0 Å². The van der Waals surface area contributed by atoms with Gasteiger partial charge in [-0.15, -0.1) is 0 Å². The lowest BCUT2D eigenvalue weighted by Crippen LogP contribution is -2.31. The Labute approximate surface area is 135 Å². The van der Waals surface area contributed by atoms with Gasteiger partial charge in [-0.25, -0.2) is 4.99 Å². The predicted molar refractivity (Wildman–Crippen MR) is 89.5 cm³/mol. The Morgan fingerprint density at radius 1 is 1.26 bits per heavy atom. The summed E-state index contributed by atoms with van der Waals surface area (Å²) in [6.07, 6.45) is 6.09. The second-order valence-electron chi connectivity index (χ2n) is 5.82. The average molecular weight is 306 g/mol. The molecule has 0 radical (unpaired) electrons. The van der Waals surface area contributed by atoms with E-state index in [9.17, 15) is 4.79 Å². The molecule has 116 valence electrons. The summed E-state index contributed by atoms with van der Waals surface area (Å²) in [6, 6.07) is 8.45. The van der Waals surface area contributed by atoms with E-state index in [-0.39, 0.29) is 5.91 Å². The minimum atomic E-state index is -0.0670. The standard InChI is InChI=1S/C18H18N4O/c1-19-10-12-2-4-13(5-3-12)18-20-11-14-6-7-16(23)21-15-8-9-22(18)17(14)15/h2-7,11,19H,8-10H2,1H3,(H,21,23). The van der Waals surface area contributed by atoms with Gasteiger partial charge in [0.1, 0.15) is 5.84 Å². The van der Waals surface area contributed by atoms with Crippen LogP contribution in [0.25, 0.3) is 0 Å². The number of hydrogen-bond donors (Lipinski definition) is 2. The van der Waals surface area contributed by atoms with E-state index >= 15 is 0 Å². The molecule has 0 fully saturated rings. The van der Waals surface area contributed by atoms with Gasteiger partial charge in [-0.3, -0.25) is 4.79 Å². The molecular weight excluding hydrogens is 288 g/mol. The number of benzene rings is 1. The molecule has 0 spiro atoms. The third kappa shape index (κ3) is 2.39. The molecule has 5 nitrogen and oxygen atoms in total. The Kier molecular flexibility index (Phi) is 3.35. The zero-order valence-corrected chi connectivity index (χ0v) is 13.0. The van der Waals surface area contributed by atoms with Crippen molar-refractivity contribution in [3.05, 3.63) is 70.7 Å². The van der Waals surface area contributed by atoms with Crippen molar-refractivity contribution in [2.75, 3.05) is 13.6 Å². The molecule has 0 bridgehead atoms. The molecule has 0 saturated carbocycles. The third-order valence-corrected chi connectivity index (χ3v) is 4.28. The van der Waals surface area contributed by atoms with Gasteiger partial charge in [0.15, 0.2) is 0 Å². The van der Waals surface area contributed by atoms with Crippen molar-refractivity contribution in [2.45, 2.75) is 13.0 Å². The molecule has 3 heterocycles. The Bertz CT molecular complexity index is 784. The van der Waals surface area contributed by atoms with Gasteiger partial charge in [0.2, 0.25) is 5.91 Å². The number of amidine groups is 1. The Morgan fingerprint density at radius 3 is 2.87 bits per heavy atom. The monoisotopic (exact) mass is 306 g/mol. The minimum Gasteiger partial charge on any atom is -0.324 e. The summed E-state index contributed by atoms with van der Waals surface area (Å²) in [7, 11) is 1.94. The molecule has 0 unspecified atom stereocenters. The van der Waals surface area contributed by atoms with Gasteiger partial charge in [0.05, 0.1) is 5.70 Å². The van der Waals surface area contributed by atoms with Crippen LogP contribution in [-0.2, 0) is 11.3 Å². The maximum absolute atomic E-state index is 11.7. The molecule has 4 rings (SSSR count). The zero-order chi connectivity index (χ0) is 15.8. The maximum Gasteiger partial charge on any atom is 0.248 e. The second-order valence-corrected chi connectivity index (χ2v) is 5.82. The van der Waals surface area contributed by atoms with Gasteiger partial charge in [0, 0.05) is 48.6 Å². The lowest BCUT2D eigenvalue weighted by Gasteiger charge is -2.27. The van der Waals surface area contributed by atoms with E-state index in [1.165, 1.54) is 5.56 Å².